The van der Waals surface area contributed by atoms with Crippen molar-refractivity contribution in [2.45, 2.75) is 31.2 Å². The number of fused-ring (bicyclic) bond motifs is 3. The fourth-order valence-corrected chi connectivity index (χ4v) is 5.21. The predicted octanol–water partition coefficient (Wildman–Crippen LogP) is 4.66. The number of hydrogen-bond acceptors (Lipinski definition) is 7. The molecule has 3 aromatic heterocycles. The Hall–Kier alpha value is -3.20. The van der Waals surface area contributed by atoms with Gasteiger partial charge < -0.3 is 0 Å². The number of aromatic nitrogens is 3. The van der Waals surface area contributed by atoms with Crippen LogP contribution in [0.4, 0.5) is 0 Å². The zero-order chi connectivity index (χ0) is 21.3. The van der Waals surface area contributed by atoms with Crippen LogP contribution in [0.2, 0.25) is 0 Å². The van der Waals surface area contributed by atoms with Crippen LogP contribution in [0.25, 0.3) is 16.7 Å². The summed E-state index contributed by atoms with van der Waals surface area (Å²) in [6.45, 7) is 3.84. The Morgan fingerprint density at radius 3 is 2.77 bits per heavy atom. The van der Waals surface area contributed by atoms with Crippen molar-refractivity contribution in [3.8, 4) is 12.1 Å². The molecule has 0 N–H and O–H groups in total. The molecule has 0 amide bonds. The molecule has 6 nitrogen and oxygen atoms in total. The number of rotatable bonds is 6. The highest BCUT2D eigenvalue weighted by atomic mass is 32.2. The number of hydrogen-bond donors (Lipinski definition) is 0. The molecule has 0 aliphatic rings. The topological polar surface area (TPSA) is 94.8 Å². The summed E-state index contributed by atoms with van der Waals surface area (Å²) in [5, 5.41) is 22.4. The smallest absolute Gasteiger partial charge is 0.167 e. The van der Waals surface area contributed by atoms with Crippen LogP contribution in [-0.4, -0.2) is 25.9 Å². The number of thioether (sulfide) groups is 1. The molecule has 0 spiro atoms. The van der Waals surface area contributed by atoms with E-state index in [1.54, 1.807) is 0 Å². The second-order valence-corrected chi connectivity index (χ2v) is 8.64. The molecule has 4 rings (SSSR count). The Morgan fingerprint density at radius 2 is 2.10 bits per heavy atom. The molecule has 3 heterocycles. The third kappa shape index (κ3) is 3.45. The summed E-state index contributed by atoms with van der Waals surface area (Å²) in [6, 6.07) is 14.0. The van der Waals surface area contributed by atoms with Gasteiger partial charge in [0.25, 0.3) is 0 Å². The SMILES string of the molecule is CCc1cc(SCC(=O)[C@@H](C#N)c2nc(C)cs2)n2c(nc3ccccc32)c1C#N. The van der Waals surface area contributed by atoms with Gasteiger partial charge in [0, 0.05) is 11.1 Å². The fourth-order valence-electron chi connectivity index (χ4n) is 3.35. The van der Waals surface area contributed by atoms with Crippen molar-refractivity contribution in [2.24, 2.45) is 0 Å². The molecule has 0 bridgehead atoms. The zero-order valence-electron chi connectivity index (χ0n) is 16.4. The second-order valence-electron chi connectivity index (χ2n) is 6.75. The van der Waals surface area contributed by atoms with Gasteiger partial charge in [0.2, 0.25) is 0 Å². The highest BCUT2D eigenvalue weighted by Gasteiger charge is 2.24. The van der Waals surface area contributed by atoms with Gasteiger partial charge in [-0.15, -0.1) is 11.3 Å². The number of carbonyl (C=O) groups is 1. The van der Waals surface area contributed by atoms with E-state index < -0.39 is 5.92 Å². The maximum atomic E-state index is 12.8. The summed E-state index contributed by atoms with van der Waals surface area (Å²) in [4.78, 5) is 21.8. The summed E-state index contributed by atoms with van der Waals surface area (Å²) in [7, 11) is 0. The first kappa shape index (κ1) is 20.1. The van der Waals surface area contributed by atoms with Crippen LogP contribution < -0.4 is 0 Å². The Kier molecular flexibility index (Phi) is 5.54. The van der Waals surface area contributed by atoms with Gasteiger partial charge in [-0.25, -0.2) is 9.97 Å². The molecular formula is C22H17N5OS2. The van der Waals surface area contributed by atoms with E-state index in [1.807, 2.05) is 54.0 Å². The van der Waals surface area contributed by atoms with Crippen molar-refractivity contribution in [2.75, 3.05) is 5.75 Å². The highest BCUT2D eigenvalue weighted by Crippen LogP contribution is 2.31. The second kappa shape index (κ2) is 8.27. The summed E-state index contributed by atoms with van der Waals surface area (Å²) < 4.78 is 1.93. The van der Waals surface area contributed by atoms with E-state index in [4.69, 9.17) is 0 Å². The minimum atomic E-state index is -0.866. The van der Waals surface area contributed by atoms with Crippen LogP contribution in [0.5, 0.6) is 0 Å². The van der Waals surface area contributed by atoms with Crippen molar-refractivity contribution in [1.29, 1.82) is 10.5 Å². The van der Waals surface area contributed by atoms with Crippen LogP contribution in [0.15, 0.2) is 40.7 Å². The molecule has 0 aliphatic carbocycles. The van der Waals surface area contributed by atoms with Crippen LogP contribution in [0.3, 0.4) is 0 Å². The minimum Gasteiger partial charge on any atom is -0.297 e. The maximum absolute atomic E-state index is 12.8. The van der Waals surface area contributed by atoms with Crippen LogP contribution in [-0.2, 0) is 11.2 Å². The van der Waals surface area contributed by atoms with E-state index in [0.717, 1.165) is 27.3 Å². The first-order chi connectivity index (χ1) is 14.6. The minimum absolute atomic E-state index is 0.132. The lowest BCUT2D eigenvalue weighted by Crippen LogP contribution is -2.13. The van der Waals surface area contributed by atoms with E-state index in [-0.39, 0.29) is 11.5 Å². The molecule has 8 heteroatoms. The van der Waals surface area contributed by atoms with Gasteiger partial charge in [0.15, 0.2) is 17.3 Å². The lowest BCUT2D eigenvalue weighted by atomic mass is 10.1. The lowest BCUT2D eigenvalue weighted by Gasteiger charge is -2.11. The molecule has 0 fully saturated rings. The summed E-state index contributed by atoms with van der Waals surface area (Å²) in [5.74, 6) is -0.917. The molecule has 30 heavy (non-hydrogen) atoms. The van der Waals surface area contributed by atoms with Crippen LogP contribution >= 0.6 is 23.1 Å². The number of nitrogens with zero attached hydrogens (tertiary/aromatic N) is 5. The molecule has 1 atom stereocenters. The summed E-state index contributed by atoms with van der Waals surface area (Å²) in [6.07, 6.45) is 0.684. The number of Topliss-reactive ketones (excluding diaryl/α,β-unsaturated/α-hetero) is 1. The van der Waals surface area contributed by atoms with E-state index in [1.165, 1.54) is 23.1 Å². The molecular weight excluding hydrogens is 414 g/mol. The number of carbonyl (C=O) groups excluding carboxylic acids is 1. The molecule has 0 saturated carbocycles. The number of pyridine rings is 1. The average Bonchev–Trinajstić information content (AvgIpc) is 3.35. The third-order valence-electron chi connectivity index (χ3n) is 4.81. The van der Waals surface area contributed by atoms with E-state index in [9.17, 15) is 15.3 Å². The number of thiazole rings is 1. The first-order valence-corrected chi connectivity index (χ1v) is 11.2. The summed E-state index contributed by atoms with van der Waals surface area (Å²) >= 11 is 2.70. The van der Waals surface area contributed by atoms with Crippen molar-refractivity contribution in [3.63, 3.8) is 0 Å². The Bertz CT molecular complexity index is 1360. The van der Waals surface area contributed by atoms with Gasteiger partial charge in [-0.3, -0.25) is 9.20 Å². The molecule has 0 aliphatic heterocycles. The van der Waals surface area contributed by atoms with E-state index in [2.05, 4.69) is 22.1 Å². The van der Waals surface area contributed by atoms with Crippen molar-refractivity contribution in [3.05, 3.63) is 57.5 Å². The van der Waals surface area contributed by atoms with Crippen LogP contribution in [0, 0.1) is 29.6 Å². The van der Waals surface area contributed by atoms with E-state index in [0.29, 0.717) is 22.6 Å². The maximum Gasteiger partial charge on any atom is 0.167 e. The molecule has 1 aromatic carbocycles. The Morgan fingerprint density at radius 1 is 1.30 bits per heavy atom. The number of aryl methyl sites for hydroxylation is 2. The highest BCUT2D eigenvalue weighted by molar-refractivity contribution is 7.99. The standard InChI is InChI=1S/C22H17N5OS2/c1-3-14-8-20(29-12-19(28)16(10-24)22-25-13(2)11-30-22)27-18-7-5-4-6-17(18)26-21(27)15(14)9-23/h4-8,11,16H,3,12H2,1-2H3/t16-/m1/s1. The number of benzene rings is 1. The predicted molar refractivity (Wildman–Crippen MR) is 118 cm³/mol. The zero-order valence-corrected chi connectivity index (χ0v) is 18.0. The van der Waals surface area contributed by atoms with Gasteiger partial charge >= 0.3 is 0 Å². The monoisotopic (exact) mass is 431 g/mol. The number of nitriles is 2. The van der Waals surface area contributed by atoms with Gasteiger partial charge in [-0.1, -0.05) is 30.8 Å². The molecule has 148 valence electrons. The molecule has 4 aromatic rings. The fraction of sp³-hybridized carbons (Fsp3) is 0.227. The summed E-state index contributed by atoms with van der Waals surface area (Å²) in [5.41, 5.74) is 4.53. The average molecular weight is 432 g/mol. The Balaban J connectivity index is 1.74. The number of imidazole rings is 1. The van der Waals surface area contributed by atoms with Crippen molar-refractivity contribution in [1.82, 2.24) is 14.4 Å². The molecule has 0 saturated heterocycles. The number of ketones is 1. The van der Waals surface area contributed by atoms with Gasteiger partial charge in [-0.2, -0.15) is 10.5 Å². The molecule has 0 radical (unpaired) electrons. The van der Waals surface area contributed by atoms with Gasteiger partial charge in [0.1, 0.15) is 11.1 Å². The molecule has 0 unspecified atom stereocenters. The van der Waals surface area contributed by atoms with E-state index >= 15 is 0 Å². The van der Waals surface area contributed by atoms with Gasteiger partial charge in [0.05, 0.1) is 33.4 Å². The normalized spacial score (nSPS) is 12.0. The lowest BCUT2D eigenvalue weighted by molar-refractivity contribution is -0.116. The number of para-hydroxylation sites is 2. The van der Waals surface area contributed by atoms with Crippen molar-refractivity contribution < 1.29 is 4.79 Å². The van der Waals surface area contributed by atoms with Crippen LogP contribution in [0.1, 0.15) is 34.7 Å². The largest absolute Gasteiger partial charge is 0.297 e. The van der Waals surface area contributed by atoms with Gasteiger partial charge in [-0.05, 0) is 37.1 Å². The quantitative estimate of drug-likeness (QED) is 0.412. The van der Waals surface area contributed by atoms with Crippen molar-refractivity contribution >= 4 is 45.6 Å². The third-order valence-corrected chi connectivity index (χ3v) is 6.87. The first-order valence-electron chi connectivity index (χ1n) is 9.37. The Labute approximate surface area is 181 Å².